The van der Waals surface area contributed by atoms with E-state index in [1.54, 1.807) is 14.7 Å². The minimum Gasteiger partial charge on any atom is -0.394 e. The van der Waals surface area contributed by atoms with Gasteiger partial charge < -0.3 is 24.5 Å². The highest BCUT2D eigenvalue weighted by atomic mass is 16.5. The van der Waals surface area contributed by atoms with E-state index >= 15 is 0 Å². The molecule has 0 saturated carbocycles. The van der Waals surface area contributed by atoms with E-state index in [1.165, 1.54) is 0 Å². The number of carbonyl (C=O) groups is 3. The summed E-state index contributed by atoms with van der Waals surface area (Å²) in [5, 5.41) is 10.8. The maximum atomic E-state index is 14.9. The highest BCUT2D eigenvalue weighted by Crippen LogP contribution is 2.58. The Labute approximate surface area is 253 Å². The van der Waals surface area contributed by atoms with E-state index in [1.807, 2.05) is 101 Å². The van der Waals surface area contributed by atoms with Crippen molar-refractivity contribution in [1.29, 1.82) is 0 Å². The number of carbonyl (C=O) groups excluding carboxylic acids is 3. The predicted molar refractivity (Wildman–Crippen MR) is 164 cm³/mol. The highest BCUT2D eigenvalue weighted by molar-refractivity contribution is 6.06. The minimum atomic E-state index is -1.38. The van der Waals surface area contributed by atoms with Gasteiger partial charge in [-0.05, 0) is 50.3 Å². The number of hydrogen-bond donors (Lipinski definition) is 1. The Hall–Kier alpha value is -3.75. The van der Waals surface area contributed by atoms with Crippen LogP contribution in [0.1, 0.15) is 37.0 Å². The van der Waals surface area contributed by atoms with E-state index in [-0.39, 0.29) is 24.3 Å². The lowest BCUT2D eigenvalue weighted by molar-refractivity contribution is -0.151. The first-order valence-electron chi connectivity index (χ1n) is 15.4. The Morgan fingerprint density at radius 2 is 1.60 bits per heavy atom. The molecular formula is C35H41N3O5. The third-order valence-electron chi connectivity index (χ3n) is 9.70. The summed E-state index contributed by atoms with van der Waals surface area (Å²) in [6.45, 7) is 8.82. The minimum absolute atomic E-state index is 0.134. The van der Waals surface area contributed by atoms with Crippen molar-refractivity contribution < 1.29 is 24.2 Å². The largest absolute Gasteiger partial charge is 0.394 e. The van der Waals surface area contributed by atoms with Gasteiger partial charge in [-0.3, -0.25) is 14.4 Å². The number of likely N-dealkylation sites (tertiary alicyclic amines) is 1. The van der Waals surface area contributed by atoms with Crippen LogP contribution in [0, 0.1) is 25.7 Å². The van der Waals surface area contributed by atoms with Crippen molar-refractivity contribution in [1.82, 2.24) is 9.80 Å². The van der Waals surface area contributed by atoms with Crippen LogP contribution in [0.25, 0.3) is 0 Å². The first-order chi connectivity index (χ1) is 20.7. The molecule has 2 aromatic rings. The molecule has 0 aromatic heterocycles. The summed E-state index contributed by atoms with van der Waals surface area (Å²) >= 11 is 0. The number of hydrogen-bond acceptors (Lipinski definition) is 5. The van der Waals surface area contributed by atoms with Crippen LogP contribution in [0.3, 0.4) is 0 Å². The zero-order chi connectivity index (χ0) is 30.5. The molecule has 1 spiro atoms. The molecule has 1 unspecified atom stereocenters. The first-order valence-corrected chi connectivity index (χ1v) is 15.4. The summed E-state index contributed by atoms with van der Waals surface area (Å²) in [4.78, 5) is 49.1. The average Bonchev–Trinajstić information content (AvgIpc) is 3.26. The lowest BCUT2D eigenvalue weighted by Gasteiger charge is -2.40. The van der Waals surface area contributed by atoms with E-state index in [9.17, 15) is 19.5 Å². The zero-order valence-electron chi connectivity index (χ0n) is 25.4. The summed E-state index contributed by atoms with van der Waals surface area (Å²) in [6.07, 6.45) is 8.78. The number of para-hydroxylation sites is 1. The lowest BCUT2D eigenvalue weighted by atomic mass is 9.74. The molecule has 4 aliphatic rings. The van der Waals surface area contributed by atoms with Crippen molar-refractivity contribution in [2.24, 2.45) is 11.8 Å². The van der Waals surface area contributed by atoms with Crippen molar-refractivity contribution in [2.75, 3.05) is 31.1 Å². The Balaban J connectivity index is 1.52. The maximum absolute atomic E-state index is 14.9. The van der Waals surface area contributed by atoms with Gasteiger partial charge in [0.05, 0.1) is 30.1 Å². The molecule has 6 rings (SSSR count). The van der Waals surface area contributed by atoms with E-state index in [4.69, 9.17) is 4.74 Å². The van der Waals surface area contributed by atoms with Gasteiger partial charge in [0.15, 0.2) is 0 Å². The van der Waals surface area contributed by atoms with Crippen LogP contribution in [0.15, 0.2) is 72.8 Å². The number of nitrogens with zero attached hydrogens (tertiary/aromatic N) is 3. The van der Waals surface area contributed by atoms with Gasteiger partial charge in [-0.1, -0.05) is 79.8 Å². The molecule has 0 bridgehead atoms. The number of rotatable bonds is 7. The first kappa shape index (κ1) is 29.3. The number of aliphatic hydroxyl groups excluding tert-OH is 1. The van der Waals surface area contributed by atoms with E-state index in [2.05, 4.69) is 0 Å². The standard InChI is InChI=1S/C35H41N3O5/c1-5-18-36-19-10-16-34(4)27(31(36)40)28-32(41)38(26(22-39)21-25-14-7-6-8-15-25)30-33(42)37(20-11-17-35(28,30)43-34)29-23(2)12-9-13-24(29)3/h6-17,26-28,30,39H,5,18-22H2,1-4H3/t26-,27+,28+,30?,34-,35+/m1/s1. The van der Waals surface area contributed by atoms with Gasteiger partial charge in [-0.2, -0.15) is 0 Å². The molecule has 2 saturated heterocycles. The van der Waals surface area contributed by atoms with Crippen molar-refractivity contribution >= 4 is 23.4 Å². The van der Waals surface area contributed by atoms with Crippen molar-refractivity contribution in [3.05, 3.63) is 89.5 Å². The van der Waals surface area contributed by atoms with Gasteiger partial charge in [0.2, 0.25) is 11.8 Å². The number of ether oxygens (including phenoxy) is 1. The zero-order valence-corrected chi connectivity index (χ0v) is 25.4. The van der Waals surface area contributed by atoms with Gasteiger partial charge in [-0.25, -0.2) is 0 Å². The number of aryl methyl sites for hydroxylation is 2. The van der Waals surface area contributed by atoms with Crippen molar-refractivity contribution in [3.63, 3.8) is 0 Å². The van der Waals surface area contributed by atoms with Crippen LogP contribution in [-0.4, -0.2) is 82.2 Å². The van der Waals surface area contributed by atoms with Gasteiger partial charge in [-0.15, -0.1) is 0 Å². The van der Waals surface area contributed by atoms with Gasteiger partial charge >= 0.3 is 0 Å². The molecule has 8 heteroatoms. The van der Waals surface area contributed by atoms with E-state index < -0.39 is 35.1 Å². The van der Waals surface area contributed by atoms with Gasteiger partial charge in [0.1, 0.15) is 11.6 Å². The fourth-order valence-electron chi connectivity index (χ4n) is 7.94. The summed E-state index contributed by atoms with van der Waals surface area (Å²) in [5.74, 6) is -2.45. The molecule has 3 amide bonds. The number of amides is 3. The lowest BCUT2D eigenvalue weighted by Crippen LogP contribution is -2.59. The summed E-state index contributed by atoms with van der Waals surface area (Å²) in [6, 6.07) is 13.8. The molecule has 1 N–H and O–H groups in total. The fraction of sp³-hybridized carbons (Fsp3) is 0.457. The normalized spacial score (nSPS) is 30.7. The SMILES string of the molecule is CCCN1CC=C[C@@]2(C)O[C@]34C=CCN(c5c(C)cccc5C)C(=O)C3N([C@@H](CO)Cc3ccccc3)C(=O)[C@@H]4[C@H]2C1=O. The van der Waals surface area contributed by atoms with Crippen LogP contribution in [0.2, 0.25) is 0 Å². The summed E-state index contributed by atoms with van der Waals surface area (Å²) in [7, 11) is 0. The molecular weight excluding hydrogens is 542 g/mol. The number of anilines is 1. The molecule has 6 atom stereocenters. The van der Waals surface area contributed by atoms with Crippen LogP contribution in [-0.2, 0) is 25.5 Å². The topological polar surface area (TPSA) is 90.4 Å². The molecule has 43 heavy (non-hydrogen) atoms. The number of fused-ring (bicyclic) bond motifs is 2. The monoisotopic (exact) mass is 583 g/mol. The average molecular weight is 584 g/mol. The van der Waals surface area contributed by atoms with Crippen LogP contribution in [0.4, 0.5) is 5.69 Å². The number of aliphatic hydroxyl groups is 1. The second-order valence-electron chi connectivity index (χ2n) is 12.5. The Kier molecular flexibility index (Phi) is 7.55. The smallest absolute Gasteiger partial charge is 0.253 e. The quantitative estimate of drug-likeness (QED) is 0.504. The van der Waals surface area contributed by atoms with E-state index in [0.29, 0.717) is 26.1 Å². The molecule has 0 radical (unpaired) electrons. The Bertz CT molecular complexity index is 1470. The second kappa shape index (κ2) is 11.1. The van der Waals surface area contributed by atoms with Crippen molar-refractivity contribution in [2.45, 2.75) is 63.8 Å². The molecule has 226 valence electrons. The molecule has 8 nitrogen and oxygen atoms in total. The Morgan fingerprint density at radius 3 is 2.28 bits per heavy atom. The Morgan fingerprint density at radius 1 is 0.907 bits per heavy atom. The molecule has 2 aromatic carbocycles. The maximum Gasteiger partial charge on any atom is 0.253 e. The second-order valence-corrected chi connectivity index (χ2v) is 12.5. The van der Waals surface area contributed by atoms with Gasteiger partial charge in [0, 0.05) is 25.3 Å². The molecule has 4 aliphatic heterocycles. The van der Waals surface area contributed by atoms with Crippen LogP contribution < -0.4 is 4.90 Å². The summed E-state index contributed by atoms with van der Waals surface area (Å²) < 4.78 is 6.97. The van der Waals surface area contributed by atoms with Crippen LogP contribution >= 0.6 is 0 Å². The van der Waals surface area contributed by atoms with E-state index in [0.717, 1.165) is 28.8 Å². The predicted octanol–water partition coefficient (Wildman–Crippen LogP) is 3.59. The van der Waals surface area contributed by atoms with Crippen molar-refractivity contribution in [3.8, 4) is 0 Å². The number of benzene rings is 2. The highest BCUT2D eigenvalue weighted by Gasteiger charge is 2.75. The third-order valence-corrected chi connectivity index (χ3v) is 9.70. The fourth-order valence-corrected chi connectivity index (χ4v) is 7.94. The molecule has 2 fully saturated rings. The summed E-state index contributed by atoms with van der Waals surface area (Å²) in [5.41, 5.74) is 1.20. The van der Waals surface area contributed by atoms with Crippen LogP contribution in [0.5, 0.6) is 0 Å². The molecule has 0 aliphatic carbocycles. The van der Waals surface area contributed by atoms with Gasteiger partial charge in [0.25, 0.3) is 5.91 Å². The molecule has 4 heterocycles. The third kappa shape index (κ3) is 4.54.